The Kier molecular flexibility index (Phi) is 1.87. The van der Waals surface area contributed by atoms with Crippen LogP contribution in [0.2, 0.25) is 0 Å². The first-order valence-corrected chi connectivity index (χ1v) is 3.14. The van der Waals surface area contributed by atoms with Crippen LogP contribution >= 0.6 is 0 Å². The molecule has 0 spiro atoms. The van der Waals surface area contributed by atoms with Crippen molar-refractivity contribution in [2.75, 3.05) is 0 Å². The highest BCUT2D eigenvalue weighted by atomic mass is 19.3. The summed E-state index contributed by atoms with van der Waals surface area (Å²) in [6, 6.07) is 0. The van der Waals surface area contributed by atoms with Gasteiger partial charge in [0.25, 0.3) is 0 Å². The molecule has 0 amide bonds. The molecule has 0 aromatic rings. The number of rotatable bonds is 2. The van der Waals surface area contributed by atoms with E-state index in [2.05, 4.69) is 0 Å². The number of carboxylic acids is 1. The van der Waals surface area contributed by atoms with Crippen LogP contribution in [0, 0.1) is 11.8 Å². The standard InChI is InChI=1S/C6H8F2O2/c7-5(8)3-1-2-4(3)6(9)10/h3-5H,1-2H2,(H,9,10)/t3-,4+/m1/s1. The first-order chi connectivity index (χ1) is 4.63. The zero-order valence-electron chi connectivity index (χ0n) is 5.26. The van der Waals surface area contributed by atoms with Crippen molar-refractivity contribution < 1.29 is 18.7 Å². The lowest BCUT2D eigenvalue weighted by Crippen LogP contribution is -2.37. The van der Waals surface area contributed by atoms with Crippen molar-refractivity contribution in [2.24, 2.45) is 11.8 Å². The van der Waals surface area contributed by atoms with Crippen molar-refractivity contribution in [2.45, 2.75) is 19.3 Å². The van der Waals surface area contributed by atoms with Gasteiger partial charge in [-0.2, -0.15) is 0 Å². The molecule has 0 unspecified atom stereocenters. The number of carbonyl (C=O) groups is 1. The molecule has 1 fully saturated rings. The molecule has 0 radical (unpaired) electrons. The minimum absolute atomic E-state index is 0.356. The molecular formula is C6H8F2O2. The topological polar surface area (TPSA) is 37.3 Å². The van der Waals surface area contributed by atoms with Crippen LogP contribution in [0.4, 0.5) is 8.78 Å². The van der Waals surface area contributed by atoms with Crippen LogP contribution in [0.3, 0.4) is 0 Å². The number of aliphatic carboxylic acids is 1. The van der Waals surface area contributed by atoms with E-state index in [4.69, 9.17) is 5.11 Å². The molecule has 1 rings (SSSR count). The molecule has 0 saturated heterocycles. The molecule has 0 bridgehead atoms. The van der Waals surface area contributed by atoms with E-state index in [1.165, 1.54) is 0 Å². The Hall–Kier alpha value is -0.670. The third kappa shape index (κ3) is 1.10. The van der Waals surface area contributed by atoms with Crippen LogP contribution in [0.25, 0.3) is 0 Å². The van der Waals surface area contributed by atoms with Crippen molar-refractivity contribution >= 4 is 5.97 Å². The second-order valence-corrected chi connectivity index (χ2v) is 2.52. The quantitative estimate of drug-likeness (QED) is 0.645. The summed E-state index contributed by atoms with van der Waals surface area (Å²) in [6.45, 7) is 0. The molecular weight excluding hydrogens is 142 g/mol. The fourth-order valence-electron chi connectivity index (χ4n) is 1.13. The Balaban J connectivity index is 2.43. The molecule has 1 N–H and O–H groups in total. The van der Waals surface area contributed by atoms with Gasteiger partial charge in [0.2, 0.25) is 6.43 Å². The van der Waals surface area contributed by atoms with E-state index in [9.17, 15) is 13.6 Å². The van der Waals surface area contributed by atoms with Crippen molar-refractivity contribution in [1.82, 2.24) is 0 Å². The fourth-order valence-corrected chi connectivity index (χ4v) is 1.13. The van der Waals surface area contributed by atoms with Gasteiger partial charge in [-0.15, -0.1) is 0 Å². The van der Waals surface area contributed by atoms with Gasteiger partial charge in [-0.25, -0.2) is 8.78 Å². The highest BCUT2D eigenvalue weighted by molar-refractivity contribution is 5.71. The van der Waals surface area contributed by atoms with E-state index >= 15 is 0 Å². The Labute approximate surface area is 56.8 Å². The smallest absolute Gasteiger partial charge is 0.306 e. The molecule has 1 aliphatic rings. The minimum Gasteiger partial charge on any atom is -0.481 e. The van der Waals surface area contributed by atoms with Gasteiger partial charge in [0.15, 0.2) is 0 Å². The summed E-state index contributed by atoms with van der Waals surface area (Å²) in [4.78, 5) is 10.2. The Morgan fingerprint density at radius 1 is 1.50 bits per heavy atom. The van der Waals surface area contributed by atoms with Crippen LogP contribution in [-0.2, 0) is 4.79 Å². The maximum absolute atomic E-state index is 11.8. The Bertz CT molecular complexity index is 147. The average Bonchev–Trinajstić information content (AvgIpc) is 1.56. The van der Waals surface area contributed by atoms with E-state index in [1.807, 2.05) is 0 Å². The fraction of sp³-hybridized carbons (Fsp3) is 0.833. The van der Waals surface area contributed by atoms with Crippen LogP contribution in [0.1, 0.15) is 12.8 Å². The SMILES string of the molecule is O=C(O)[C@H]1CC[C@H]1C(F)F. The number of carboxylic acid groups (broad SMARTS) is 1. The maximum Gasteiger partial charge on any atom is 0.306 e. The number of hydrogen-bond donors (Lipinski definition) is 1. The van der Waals surface area contributed by atoms with Crippen LogP contribution in [0.15, 0.2) is 0 Å². The second kappa shape index (κ2) is 2.52. The molecule has 10 heavy (non-hydrogen) atoms. The predicted octanol–water partition coefficient (Wildman–Crippen LogP) is 1.36. The van der Waals surface area contributed by atoms with E-state index in [0.29, 0.717) is 12.8 Å². The summed E-state index contributed by atoms with van der Waals surface area (Å²) in [5.41, 5.74) is 0. The van der Waals surface area contributed by atoms with Gasteiger partial charge >= 0.3 is 5.97 Å². The molecule has 0 aliphatic heterocycles. The minimum atomic E-state index is -2.46. The lowest BCUT2D eigenvalue weighted by molar-refractivity contribution is -0.152. The molecule has 1 saturated carbocycles. The largest absolute Gasteiger partial charge is 0.481 e. The van der Waals surface area contributed by atoms with E-state index < -0.39 is 24.2 Å². The summed E-state index contributed by atoms with van der Waals surface area (Å²) in [7, 11) is 0. The summed E-state index contributed by atoms with van der Waals surface area (Å²) < 4.78 is 23.7. The Morgan fingerprint density at radius 3 is 2.20 bits per heavy atom. The molecule has 0 heterocycles. The molecule has 0 aromatic heterocycles. The van der Waals surface area contributed by atoms with Gasteiger partial charge in [0, 0.05) is 5.92 Å². The van der Waals surface area contributed by atoms with Gasteiger partial charge in [0.1, 0.15) is 0 Å². The highest BCUT2D eigenvalue weighted by Crippen LogP contribution is 2.38. The number of hydrogen-bond acceptors (Lipinski definition) is 1. The Morgan fingerprint density at radius 2 is 2.10 bits per heavy atom. The van der Waals surface area contributed by atoms with Crippen molar-refractivity contribution in [3.63, 3.8) is 0 Å². The van der Waals surface area contributed by atoms with Gasteiger partial charge in [-0.05, 0) is 12.8 Å². The van der Waals surface area contributed by atoms with Gasteiger partial charge in [0.05, 0.1) is 5.92 Å². The first kappa shape index (κ1) is 7.44. The van der Waals surface area contributed by atoms with Crippen LogP contribution < -0.4 is 0 Å². The molecule has 2 atom stereocenters. The average molecular weight is 150 g/mol. The van der Waals surface area contributed by atoms with Crippen LogP contribution in [-0.4, -0.2) is 17.5 Å². The lowest BCUT2D eigenvalue weighted by Gasteiger charge is -2.32. The monoisotopic (exact) mass is 150 g/mol. The zero-order chi connectivity index (χ0) is 7.72. The van der Waals surface area contributed by atoms with Crippen LogP contribution in [0.5, 0.6) is 0 Å². The van der Waals surface area contributed by atoms with Gasteiger partial charge in [-0.1, -0.05) is 0 Å². The third-order valence-corrected chi connectivity index (χ3v) is 1.97. The van der Waals surface area contributed by atoms with E-state index in [1.54, 1.807) is 0 Å². The summed E-state index contributed by atoms with van der Waals surface area (Å²) >= 11 is 0. The zero-order valence-corrected chi connectivity index (χ0v) is 5.26. The van der Waals surface area contributed by atoms with Crippen molar-refractivity contribution in [1.29, 1.82) is 0 Å². The molecule has 1 aliphatic carbocycles. The first-order valence-electron chi connectivity index (χ1n) is 3.14. The molecule has 4 heteroatoms. The summed E-state index contributed by atoms with van der Waals surface area (Å²) in [5.74, 6) is -2.77. The normalized spacial score (nSPS) is 31.9. The predicted molar refractivity (Wildman–Crippen MR) is 29.9 cm³/mol. The molecule has 58 valence electrons. The maximum atomic E-state index is 11.8. The molecule has 2 nitrogen and oxygen atoms in total. The third-order valence-electron chi connectivity index (χ3n) is 1.97. The number of halogens is 2. The van der Waals surface area contributed by atoms with Gasteiger partial charge < -0.3 is 5.11 Å². The van der Waals surface area contributed by atoms with E-state index in [-0.39, 0.29) is 0 Å². The lowest BCUT2D eigenvalue weighted by atomic mass is 9.74. The highest BCUT2D eigenvalue weighted by Gasteiger charge is 2.42. The second-order valence-electron chi connectivity index (χ2n) is 2.52. The summed E-state index contributed by atoms with van der Waals surface area (Å²) in [6.07, 6.45) is -1.70. The number of alkyl halides is 2. The van der Waals surface area contributed by atoms with Crippen molar-refractivity contribution in [3.8, 4) is 0 Å². The van der Waals surface area contributed by atoms with Crippen molar-refractivity contribution in [3.05, 3.63) is 0 Å². The van der Waals surface area contributed by atoms with Gasteiger partial charge in [-0.3, -0.25) is 4.79 Å². The molecule has 0 aromatic carbocycles. The summed E-state index contributed by atoms with van der Waals surface area (Å²) in [5, 5.41) is 8.32. The van der Waals surface area contributed by atoms with E-state index in [0.717, 1.165) is 0 Å².